The number of nitrogens with zero attached hydrogens (tertiary/aromatic N) is 1. The SMILES string of the molecule is CC(C)CC(NC(=O)C(CC(C)C)NC(=O)C1CCCN1C(=O)C(N)CCCCN)C(=O)O. The number of nitrogens with two attached hydrogens (primary N) is 2. The van der Waals surface area contributed by atoms with Gasteiger partial charge in [0.1, 0.15) is 18.1 Å². The summed E-state index contributed by atoms with van der Waals surface area (Å²) in [5.74, 6) is -2.14. The molecule has 33 heavy (non-hydrogen) atoms. The number of unbranched alkanes of at least 4 members (excludes halogenated alkanes) is 1. The summed E-state index contributed by atoms with van der Waals surface area (Å²) in [5, 5.41) is 14.8. The summed E-state index contributed by atoms with van der Waals surface area (Å²) in [6.45, 7) is 8.57. The molecular formula is C23H43N5O5. The second-order valence-electron chi connectivity index (χ2n) is 9.80. The molecule has 1 aliphatic heterocycles. The van der Waals surface area contributed by atoms with Crippen molar-refractivity contribution in [2.24, 2.45) is 23.3 Å². The fraction of sp³-hybridized carbons (Fsp3) is 0.826. The maximum atomic E-state index is 13.1. The first-order valence-corrected chi connectivity index (χ1v) is 12.1. The van der Waals surface area contributed by atoms with Crippen molar-refractivity contribution in [2.45, 2.75) is 96.8 Å². The summed E-state index contributed by atoms with van der Waals surface area (Å²) < 4.78 is 0. The van der Waals surface area contributed by atoms with E-state index in [-0.39, 0.29) is 24.2 Å². The van der Waals surface area contributed by atoms with Crippen molar-refractivity contribution >= 4 is 23.7 Å². The molecule has 190 valence electrons. The van der Waals surface area contributed by atoms with Crippen LogP contribution in [0.4, 0.5) is 0 Å². The zero-order chi connectivity index (χ0) is 25.1. The van der Waals surface area contributed by atoms with Crippen molar-refractivity contribution in [1.29, 1.82) is 0 Å². The van der Waals surface area contributed by atoms with E-state index in [4.69, 9.17) is 11.5 Å². The van der Waals surface area contributed by atoms with E-state index in [2.05, 4.69) is 10.6 Å². The summed E-state index contributed by atoms with van der Waals surface area (Å²) in [5.41, 5.74) is 11.6. The monoisotopic (exact) mass is 469 g/mol. The first-order chi connectivity index (χ1) is 15.5. The summed E-state index contributed by atoms with van der Waals surface area (Å²) in [6.07, 6.45) is 3.84. The van der Waals surface area contributed by atoms with Gasteiger partial charge in [-0.1, -0.05) is 34.1 Å². The highest BCUT2D eigenvalue weighted by Gasteiger charge is 2.38. The lowest BCUT2D eigenvalue weighted by molar-refractivity contribution is -0.143. The quantitative estimate of drug-likeness (QED) is 0.232. The van der Waals surface area contributed by atoms with Crippen molar-refractivity contribution < 1.29 is 24.3 Å². The number of amides is 3. The van der Waals surface area contributed by atoms with E-state index in [9.17, 15) is 24.3 Å². The van der Waals surface area contributed by atoms with Gasteiger partial charge in [-0.3, -0.25) is 14.4 Å². The van der Waals surface area contributed by atoms with E-state index >= 15 is 0 Å². The number of aliphatic carboxylic acids is 1. The van der Waals surface area contributed by atoms with Crippen LogP contribution in [0.3, 0.4) is 0 Å². The van der Waals surface area contributed by atoms with Crippen molar-refractivity contribution in [2.75, 3.05) is 13.1 Å². The molecule has 0 spiro atoms. The molecule has 1 rings (SSSR count). The predicted octanol–water partition coefficient (Wildman–Crippen LogP) is 0.580. The number of hydrogen-bond donors (Lipinski definition) is 5. The number of likely N-dealkylation sites (tertiary alicyclic amines) is 1. The Morgan fingerprint density at radius 1 is 1.00 bits per heavy atom. The Labute approximate surface area is 197 Å². The van der Waals surface area contributed by atoms with E-state index in [1.165, 1.54) is 4.90 Å². The highest BCUT2D eigenvalue weighted by molar-refractivity contribution is 5.94. The molecule has 4 unspecified atom stereocenters. The summed E-state index contributed by atoms with van der Waals surface area (Å²) in [6, 6.07) is -3.29. The second-order valence-corrected chi connectivity index (χ2v) is 9.80. The lowest BCUT2D eigenvalue weighted by Crippen LogP contribution is -2.57. The number of carbonyl (C=O) groups is 4. The Morgan fingerprint density at radius 3 is 2.15 bits per heavy atom. The Balaban J connectivity index is 2.86. The number of hydrogen-bond acceptors (Lipinski definition) is 6. The molecule has 0 aromatic rings. The molecule has 1 saturated heterocycles. The second kappa shape index (κ2) is 14.1. The van der Waals surface area contributed by atoms with Gasteiger partial charge in [0.15, 0.2) is 0 Å². The summed E-state index contributed by atoms with van der Waals surface area (Å²) >= 11 is 0. The molecule has 10 nitrogen and oxygen atoms in total. The van der Waals surface area contributed by atoms with Crippen LogP contribution in [0.1, 0.15) is 72.6 Å². The number of carboxylic acid groups (broad SMARTS) is 1. The van der Waals surface area contributed by atoms with Gasteiger partial charge in [-0.2, -0.15) is 0 Å². The summed E-state index contributed by atoms with van der Waals surface area (Å²) in [4.78, 5) is 51.9. The van der Waals surface area contributed by atoms with Gasteiger partial charge in [-0.25, -0.2) is 4.79 Å². The van der Waals surface area contributed by atoms with Gasteiger partial charge >= 0.3 is 5.97 Å². The average molecular weight is 470 g/mol. The normalized spacial score (nSPS) is 18.8. The average Bonchev–Trinajstić information content (AvgIpc) is 3.21. The van der Waals surface area contributed by atoms with Crippen molar-refractivity contribution in [1.82, 2.24) is 15.5 Å². The van der Waals surface area contributed by atoms with Crippen LogP contribution in [0.15, 0.2) is 0 Å². The highest BCUT2D eigenvalue weighted by atomic mass is 16.4. The van der Waals surface area contributed by atoms with Gasteiger partial charge in [-0.15, -0.1) is 0 Å². The maximum absolute atomic E-state index is 13.1. The van der Waals surface area contributed by atoms with Crippen LogP contribution in [0.2, 0.25) is 0 Å². The molecule has 0 aromatic carbocycles. The predicted molar refractivity (Wildman–Crippen MR) is 126 cm³/mol. The van der Waals surface area contributed by atoms with E-state index in [1.54, 1.807) is 0 Å². The van der Waals surface area contributed by atoms with Crippen molar-refractivity contribution in [3.63, 3.8) is 0 Å². The zero-order valence-corrected chi connectivity index (χ0v) is 20.5. The summed E-state index contributed by atoms with van der Waals surface area (Å²) in [7, 11) is 0. The van der Waals surface area contributed by atoms with Gasteiger partial charge in [0.25, 0.3) is 0 Å². The van der Waals surface area contributed by atoms with E-state index in [0.29, 0.717) is 38.8 Å². The van der Waals surface area contributed by atoms with Crippen LogP contribution in [-0.4, -0.2) is 71.0 Å². The molecule has 3 amide bonds. The van der Waals surface area contributed by atoms with Gasteiger partial charge in [0.05, 0.1) is 6.04 Å². The molecule has 0 saturated carbocycles. The molecule has 0 bridgehead atoms. The molecule has 1 heterocycles. The molecule has 1 aliphatic rings. The minimum atomic E-state index is -1.11. The minimum Gasteiger partial charge on any atom is -0.480 e. The first kappa shape index (κ1) is 28.8. The van der Waals surface area contributed by atoms with Crippen LogP contribution in [0.25, 0.3) is 0 Å². The van der Waals surface area contributed by atoms with Crippen molar-refractivity contribution in [3.05, 3.63) is 0 Å². The van der Waals surface area contributed by atoms with Crippen LogP contribution in [0.5, 0.6) is 0 Å². The van der Waals surface area contributed by atoms with Crippen LogP contribution in [-0.2, 0) is 19.2 Å². The maximum Gasteiger partial charge on any atom is 0.326 e. The number of carbonyl (C=O) groups excluding carboxylic acids is 3. The molecule has 10 heteroatoms. The van der Waals surface area contributed by atoms with Crippen LogP contribution >= 0.6 is 0 Å². The van der Waals surface area contributed by atoms with Gasteiger partial charge in [0.2, 0.25) is 17.7 Å². The first-order valence-electron chi connectivity index (χ1n) is 12.1. The van der Waals surface area contributed by atoms with Gasteiger partial charge in [-0.05, 0) is 56.9 Å². The third-order valence-electron chi connectivity index (χ3n) is 5.79. The van der Waals surface area contributed by atoms with Crippen LogP contribution in [0, 0.1) is 11.8 Å². The topological polar surface area (TPSA) is 168 Å². The van der Waals surface area contributed by atoms with E-state index in [1.807, 2.05) is 27.7 Å². The third kappa shape index (κ3) is 9.67. The molecule has 7 N–H and O–H groups in total. The smallest absolute Gasteiger partial charge is 0.326 e. The Bertz CT molecular complexity index is 670. The Hall–Kier alpha value is -2.20. The van der Waals surface area contributed by atoms with Gasteiger partial charge < -0.3 is 32.1 Å². The lowest BCUT2D eigenvalue weighted by Gasteiger charge is -2.29. The molecule has 4 atom stereocenters. The molecule has 0 radical (unpaired) electrons. The molecular weight excluding hydrogens is 426 g/mol. The molecule has 0 aliphatic carbocycles. The minimum absolute atomic E-state index is 0.0802. The zero-order valence-electron chi connectivity index (χ0n) is 20.5. The van der Waals surface area contributed by atoms with Crippen LogP contribution < -0.4 is 22.1 Å². The highest BCUT2D eigenvalue weighted by Crippen LogP contribution is 2.20. The Kier molecular flexibility index (Phi) is 12.4. The standard InChI is InChI=1S/C23H43N5O5/c1-14(2)12-17(20(29)27-18(23(32)33)13-15(3)4)26-21(30)19-9-7-11-28(19)22(31)16(25)8-5-6-10-24/h14-19H,5-13,24-25H2,1-4H3,(H,26,30)(H,27,29)(H,32,33). The fourth-order valence-corrected chi connectivity index (χ4v) is 4.08. The largest absolute Gasteiger partial charge is 0.480 e. The molecule has 1 fully saturated rings. The van der Waals surface area contributed by atoms with E-state index in [0.717, 1.165) is 12.8 Å². The number of rotatable bonds is 14. The van der Waals surface area contributed by atoms with E-state index < -0.39 is 42.0 Å². The van der Waals surface area contributed by atoms with Gasteiger partial charge in [0, 0.05) is 6.54 Å². The molecule has 0 aromatic heterocycles. The number of carboxylic acids is 1. The lowest BCUT2D eigenvalue weighted by atomic mass is 10.00. The fourth-order valence-electron chi connectivity index (χ4n) is 4.08. The van der Waals surface area contributed by atoms with Crippen molar-refractivity contribution in [3.8, 4) is 0 Å². The number of nitrogens with one attached hydrogen (secondary N) is 2. The third-order valence-corrected chi connectivity index (χ3v) is 5.79. The Morgan fingerprint density at radius 2 is 1.61 bits per heavy atom.